The SMILES string of the molecule is COCCN/C=C(/C#N)C(=O)NC(C(=O)O)C(C)C. The Hall–Kier alpha value is -2.07. The largest absolute Gasteiger partial charge is 0.480 e. The number of amides is 1. The van der Waals surface area contributed by atoms with Gasteiger partial charge in [0.15, 0.2) is 0 Å². The smallest absolute Gasteiger partial charge is 0.326 e. The van der Waals surface area contributed by atoms with Gasteiger partial charge in [-0.15, -0.1) is 0 Å². The Balaban J connectivity index is 4.59. The number of carbonyl (C=O) groups excluding carboxylic acids is 1. The number of nitriles is 1. The first kappa shape index (κ1) is 16.9. The van der Waals surface area contributed by atoms with Gasteiger partial charge in [0.2, 0.25) is 0 Å². The number of nitrogens with one attached hydrogen (secondary N) is 2. The molecule has 0 aliphatic carbocycles. The van der Waals surface area contributed by atoms with Gasteiger partial charge in [0.05, 0.1) is 6.61 Å². The van der Waals surface area contributed by atoms with Gasteiger partial charge in [-0.1, -0.05) is 13.8 Å². The van der Waals surface area contributed by atoms with Crippen LogP contribution in [0, 0.1) is 17.2 Å². The lowest BCUT2D eigenvalue weighted by Gasteiger charge is -2.17. The highest BCUT2D eigenvalue weighted by Gasteiger charge is 2.24. The molecule has 0 fully saturated rings. The summed E-state index contributed by atoms with van der Waals surface area (Å²) in [5, 5.41) is 22.8. The van der Waals surface area contributed by atoms with E-state index < -0.39 is 17.9 Å². The van der Waals surface area contributed by atoms with Crippen molar-refractivity contribution in [3.05, 3.63) is 11.8 Å². The quantitative estimate of drug-likeness (QED) is 0.321. The summed E-state index contributed by atoms with van der Waals surface area (Å²) in [4.78, 5) is 22.7. The Kier molecular flexibility index (Phi) is 7.97. The third-order valence-corrected chi connectivity index (χ3v) is 2.28. The summed E-state index contributed by atoms with van der Waals surface area (Å²) < 4.78 is 4.79. The van der Waals surface area contributed by atoms with Gasteiger partial charge in [0.25, 0.3) is 5.91 Å². The Morgan fingerprint density at radius 3 is 2.53 bits per heavy atom. The second-order valence-corrected chi connectivity index (χ2v) is 4.15. The van der Waals surface area contributed by atoms with Crippen molar-refractivity contribution in [2.24, 2.45) is 5.92 Å². The number of aliphatic carboxylic acids is 1. The molecule has 0 saturated heterocycles. The number of methoxy groups -OCH3 is 1. The van der Waals surface area contributed by atoms with Crippen LogP contribution in [-0.4, -0.2) is 43.3 Å². The van der Waals surface area contributed by atoms with E-state index in [-0.39, 0.29) is 11.5 Å². The van der Waals surface area contributed by atoms with E-state index in [0.717, 1.165) is 0 Å². The third kappa shape index (κ3) is 6.43. The molecule has 0 aliphatic heterocycles. The minimum atomic E-state index is -1.13. The summed E-state index contributed by atoms with van der Waals surface area (Å²) >= 11 is 0. The summed E-state index contributed by atoms with van der Waals surface area (Å²) in [6, 6.07) is 0.690. The molecule has 7 heteroatoms. The topological polar surface area (TPSA) is 111 Å². The summed E-state index contributed by atoms with van der Waals surface area (Å²) in [6.45, 7) is 4.22. The van der Waals surface area contributed by atoms with E-state index in [9.17, 15) is 9.59 Å². The van der Waals surface area contributed by atoms with Crippen molar-refractivity contribution in [2.75, 3.05) is 20.3 Å². The molecule has 0 aromatic heterocycles. The fourth-order valence-electron chi connectivity index (χ4n) is 1.22. The zero-order chi connectivity index (χ0) is 14.8. The first-order chi connectivity index (χ1) is 8.93. The number of carboxylic acids is 1. The maximum absolute atomic E-state index is 11.7. The fraction of sp³-hybridized carbons (Fsp3) is 0.583. The summed E-state index contributed by atoms with van der Waals surface area (Å²) in [5.41, 5.74) is -0.178. The van der Waals surface area contributed by atoms with Gasteiger partial charge < -0.3 is 20.5 Å². The van der Waals surface area contributed by atoms with Crippen molar-refractivity contribution in [1.82, 2.24) is 10.6 Å². The molecule has 19 heavy (non-hydrogen) atoms. The van der Waals surface area contributed by atoms with E-state index in [2.05, 4.69) is 10.6 Å². The average Bonchev–Trinajstić information content (AvgIpc) is 2.35. The molecule has 0 bridgehead atoms. The lowest BCUT2D eigenvalue weighted by Crippen LogP contribution is -2.44. The van der Waals surface area contributed by atoms with Gasteiger partial charge in [-0.25, -0.2) is 4.79 Å². The van der Waals surface area contributed by atoms with Crippen LogP contribution in [0.15, 0.2) is 11.8 Å². The fourth-order valence-corrected chi connectivity index (χ4v) is 1.22. The van der Waals surface area contributed by atoms with Crippen molar-refractivity contribution < 1.29 is 19.4 Å². The molecule has 0 radical (unpaired) electrons. The van der Waals surface area contributed by atoms with E-state index in [4.69, 9.17) is 15.1 Å². The Morgan fingerprint density at radius 1 is 1.47 bits per heavy atom. The van der Waals surface area contributed by atoms with Crippen LogP contribution in [0.25, 0.3) is 0 Å². The lowest BCUT2D eigenvalue weighted by atomic mass is 10.0. The minimum Gasteiger partial charge on any atom is -0.480 e. The van der Waals surface area contributed by atoms with Crippen LogP contribution in [0.4, 0.5) is 0 Å². The molecular weight excluding hydrogens is 250 g/mol. The van der Waals surface area contributed by atoms with Crippen molar-refractivity contribution in [2.45, 2.75) is 19.9 Å². The van der Waals surface area contributed by atoms with Crippen molar-refractivity contribution in [3.63, 3.8) is 0 Å². The molecule has 1 atom stereocenters. The predicted molar refractivity (Wildman–Crippen MR) is 68.0 cm³/mol. The third-order valence-electron chi connectivity index (χ3n) is 2.28. The van der Waals surface area contributed by atoms with Crippen LogP contribution in [-0.2, 0) is 14.3 Å². The molecule has 106 valence electrons. The molecule has 0 aromatic carbocycles. The van der Waals surface area contributed by atoms with Gasteiger partial charge in [-0.3, -0.25) is 4.79 Å². The first-order valence-electron chi connectivity index (χ1n) is 5.80. The monoisotopic (exact) mass is 269 g/mol. The second kappa shape index (κ2) is 8.94. The number of nitrogens with zero attached hydrogens (tertiary/aromatic N) is 1. The molecule has 3 N–H and O–H groups in total. The van der Waals surface area contributed by atoms with Crippen LogP contribution in [0.2, 0.25) is 0 Å². The van der Waals surface area contributed by atoms with Crippen LogP contribution in [0.3, 0.4) is 0 Å². The summed E-state index contributed by atoms with van der Waals surface area (Å²) in [6.07, 6.45) is 1.24. The highest BCUT2D eigenvalue weighted by Crippen LogP contribution is 2.03. The summed E-state index contributed by atoms with van der Waals surface area (Å²) in [7, 11) is 1.53. The highest BCUT2D eigenvalue weighted by atomic mass is 16.5. The first-order valence-corrected chi connectivity index (χ1v) is 5.80. The predicted octanol–water partition coefficient (Wildman–Crippen LogP) is -0.145. The number of rotatable bonds is 8. The van der Waals surface area contributed by atoms with E-state index in [1.165, 1.54) is 13.3 Å². The molecule has 7 nitrogen and oxygen atoms in total. The van der Waals surface area contributed by atoms with Gasteiger partial charge in [-0.2, -0.15) is 5.26 Å². The molecule has 0 saturated carbocycles. The molecule has 0 rings (SSSR count). The van der Waals surface area contributed by atoms with E-state index >= 15 is 0 Å². The Morgan fingerprint density at radius 2 is 2.11 bits per heavy atom. The Bertz CT molecular complexity index is 385. The van der Waals surface area contributed by atoms with Crippen molar-refractivity contribution >= 4 is 11.9 Å². The maximum atomic E-state index is 11.7. The standard InChI is InChI=1S/C12H19N3O4/c1-8(2)10(12(17)18)15-11(16)9(6-13)7-14-4-5-19-3/h7-8,10,14H,4-5H2,1-3H3,(H,15,16)(H,17,18)/b9-7-. The van der Waals surface area contributed by atoms with Gasteiger partial charge in [0, 0.05) is 19.9 Å². The van der Waals surface area contributed by atoms with Crippen molar-refractivity contribution in [3.8, 4) is 6.07 Å². The van der Waals surface area contributed by atoms with Gasteiger partial charge in [0.1, 0.15) is 17.7 Å². The number of hydrogen-bond donors (Lipinski definition) is 3. The lowest BCUT2D eigenvalue weighted by molar-refractivity contribution is -0.142. The number of carbonyl (C=O) groups is 2. The molecular formula is C12H19N3O4. The van der Waals surface area contributed by atoms with Crippen molar-refractivity contribution in [1.29, 1.82) is 5.26 Å². The van der Waals surface area contributed by atoms with Crippen LogP contribution < -0.4 is 10.6 Å². The van der Waals surface area contributed by atoms with E-state index in [0.29, 0.717) is 13.2 Å². The molecule has 1 amide bonds. The van der Waals surface area contributed by atoms with E-state index in [1.54, 1.807) is 19.9 Å². The molecule has 0 spiro atoms. The van der Waals surface area contributed by atoms with Crippen LogP contribution in [0.1, 0.15) is 13.8 Å². The Labute approximate surface area is 112 Å². The minimum absolute atomic E-state index is 0.178. The van der Waals surface area contributed by atoms with E-state index in [1.807, 2.05) is 0 Å². The van der Waals surface area contributed by atoms with Crippen LogP contribution in [0.5, 0.6) is 0 Å². The molecule has 1 unspecified atom stereocenters. The zero-order valence-electron chi connectivity index (χ0n) is 11.3. The highest BCUT2D eigenvalue weighted by molar-refractivity contribution is 5.99. The molecule has 0 aliphatic rings. The number of carboxylic acid groups (broad SMARTS) is 1. The molecule has 0 heterocycles. The number of ether oxygens (including phenoxy) is 1. The summed E-state index contributed by atoms with van der Waals surface area (Å²) in [5.74, 6) is -2.12. The average molecular weight is 269 g/mol. The van der Waals surface area contributed by atoms with Crippen LogP contribution >= 0.6 is 0 Å². The molecule has 0 aromatic rings. The second-order valence-electron chi connectivity index (χ2n) is 4.15. The maximum Gasteiger partial charge on any atom is 0.326 e. The zero-order valence-corrected chi connectivity index (χ0v) is 11.3. The van der Waals surface area contributed by atoms with Gasteiger partial charge >= 0.3 is 5.97 Å². The normalized spacial score (nSPS) is 12.7. The number of hydrogen-bond acceptors (Lipinski definition) is 5. The van der Waals surface area contributed by atoms with Gasteiger partial charge in [-0.05, 0) is 5.92 Å².